The van der Waals surface area contributed by atoms with Crippen LogP contribution in [-0.2, 0) is 23.1 Å². The minimum Gasteiger partial charge on any atom is -0.491 e. The summed E-state index contributed by atoms with van der Waals surface area (Å²) in [7, 11) is -3.43. The topological polar surface area (TPSA) is 116 Å². The maximum atomic E-state index is 13.1. The fraction of sp³-hybridized carbons (Fsp3) is 0.219. The van der Waals surface area contributed by atoms with Crippen molar-refractivity contribution in [2.45, 2.75) is 26.1 Å². The van der Waals surface area contributed by atoms with E-state index in [0.717, 1.165) is 28.6 Å². The highest BCUT2D eigenvalue weighted by Crippen LogP contribution is 2.30. The van der Waals surface area contributed by atoms with Crippen LogP contribution in [0.15, 0.2) is 97.1 Å². The van der Waals surface area contributed by atoms with Crippen LogP contribution in [0.25, 0.3) is 0 Å². The quantitative estimate of drug-likeness (QED) is 0.201. The van der Waals surface area contributed by atoms with E-state index in [-0.39, 0.29) is 19.0 Å². The van der Waals surface area contributed by atoms with Crippen molar-refractivity contribution in [1.82, 2.24) is 0 Å². The molecule has 8 nitrogen and oxygen atoms in total. The van der Waals surface area contributed by atoms with E-state index in [4.69, 9.17) is 9.84 Å². The molecule has 1 atom stereocenters. The lowest BCUT2D eigenvalue weighted by Crippen LogP contribution is -2.23. The number of carbonyl (C=O) groups is 1. The Morgan fingerprint density at radius 1 is 0.854 bits per heavy atom. The van der Waals surface area contributed by atoms with E-state index in [1.807, 2.05) is 61.5 Å². The molecule has 4 aromatic rings. The summed E-state index contributed by atoms with van der Waals surface area (Å²) in [6, 6.07) is 29.7. The zero-order chi connectivity index (χ0) is 29.4. The predicted molar refractivity (Wildman–Crippen MR) is 161 cm³/mol. The number of sulfonamides is 1. The molecule has 0 aliphatic heterocycles. The lowest BCUT2D eigenvalue weighted by Gasteiger charge is -2.28. The third kappa shape index (κ3) is 8.40. The molecule has 4 rings (SSSR count). The zero-order valence-corrected chi connectivity index (χ0v) is 23.8. The second-order valence-corrected chi connectivity index (χ2v) is 11.6. The smallest absolute Gasteiger partial charge is 0.229 e. The van der Waals surface area contributed by atoms with Crippen molar-refractivity contribution < 1.29 is 28.2 Å². The van der Waals surface area contributed by atoms with Crippen LogP contribution < -0.4 is 14.4 Å². The number of aliphatic hydroxyl groups is 2. The van der Waals surface area contributed by atoms with Gasteiger partial charge in [-0.2, -0.15) is 0 Å². The largest absolute Gasteiger partial charge is 0.491 e. The van der Waals surface area contributed by atoms with Gasteiger partial charge in [0, 0.05) is 29.9 Å². The first kappa shape index (κ1) is 29.8. The van der Waals surface area contributed by atoms with Gasteiger partial charge in [-0.05, 0) is 60.0 Å². The average molecular weight is 575 g/mol. The van der Waals surface area contributed by atoms with Crippen molar-refractivity contribution in [2.24, 2.45) is 0 Å². The van der Waals surface area contributed by atoms with Gasteiger partial charge >= 0.3 is 0 Å². The van der Waals surface area contributed by atoms with E-state index >= 15 is 0 Å². The SMILES string of the molecule is Cc1c(NS(C)(=O)=O)cccc1N(Cc1ccccc1)Cc1ccc(C(=O)c2ccc(OC[C@@H](O)CO)cc2)cc1. The molecule has 0 spiro atoms. The Kier molecular flexibility index (Phi) is 9.78. The zero-order valence-electron chi connectivity index (χ0n) is 23.0. The number of nitrogens with one attached hydrogen (secondary N) is 1. The molecule has 0 heterocycles. The molecule has 0 saturated heterocycles. The molecule has 0 aliphatic rings. The van der Waals surface area contributed by atoms with Gasteiger partial charge in [0.25, 0.3) is 0 Å². The maximum Gasteiger partial charge on any atom is 0.229 e. The fourth-order valence-corrected chi connectivity index (χ4v) is 5.02. The Morgan fingerprint density at radius 3 is 2.02 bits per heavy atom. The average Bonchev–Trinajstić information content (AvgIpc) is 2.97. The fourth-order valence-electron chi connectivity index (χ4n) is 4.40. The van der Waals surface area contributed by atoms with Gasteiger partial charge in [0.2, 0.25) is 10.0 Å². The highest BCUT2D eigenvalue weighted by atomic mass is 32.2. The first-order chi connectivity index (χ1) is 19.6. The number of rotatable bonds is 13. The lowest BCUT2D eigenvalue weighted by molar-refractivity contribution is 0.0536. The molecule has 0 fully saturated rings. The van der Waals surface area contributed by atoms with Gasteiger partial charge in [0.15, 0.2) is 5.78 Å². The van der Waals surface area contributed by atoms with Crippen LogP contribution in [0, 0.1) is 6.92 Å². The van der Waals surface area contributed by atoms with Crippen LogP contribution in [0.3, 0.4) is 0 Å². The maximum absolute atomic E-state index is 13.1. The van der Waals surface area contributed by atoms with E-state index in [2.05, 4.69) is 9.62 Å². The standard InChI is InChI=1S/C32H34N2O6S/c1-23-30(33-41(2,38)39)9-6-10-31(23)34(19-24-7-4-3-5-8-24)20-25-11-13-26(14-12-25)32(37)27-15-17-29(18-16-27)40-22-28(36)21-35/h3-18,28,33,35-36H,19-22H2,1-2H3/t28-/m0/s1. The number of hydrogen-bond acceptors (Lipinski definition) is 7. The molecule has 0 amide bonds. The summed E-state index contributed by atoms with van der Waals surface area (Å²) in [5, 5.41) is 18.3. The van der Waals surface area contributed by atoms with E-state index in [1.54, 1.807) is 42.5 Å². The monoisotopic (exact) mass is 574 g/mol. The Hall–Kier alpha value is -4.18. The summed E-state index contributed by atoms with van der Waals surface area (Å²) >= 11 is 0. The van der Waals surface area contributed by atoms with Gasteiger partial charge in [0.05, 0.1) is 18.6 Å². The van der Waals surface area contributed by atoms with Crippen LogP contribution in [0.1, 0.15) is 32.6 Å². The molecule has 0 bridgehead atoms. The molecule has 3 N–H and O–H groups in total. The molecule has 0 aromatic heterocycles. The van der Waals surface area contributed by atoms with Gasteiger partial charge in [-0.25, -0.2) is 8.42 Å². The molecule has 0 aliphatic carbocycles. The van der Waals surface area contributed by atoms with Gasteiger partial charge in [-0.3, -0.25) is 9.52 Å². The van der Waals surface area contributed by atoms with E-state index in [9.17, 15) is 18.3 Å². The Balaban J connectivity index is 1.53. The van der Waals surface area contributed by atoms with Crippen LogP contribution in [0.5, 0.6) is 5.75 Å². The van der Waals surface area contributed by atoms with Crippen LogP contribution in [-0.4, -0.2) is 50.0 Å². The summed E-state index contributed by atoms with van der Waals surface area (Å²) in [5.74, 6) is 0.365. The summed E-state index contributed by atoms with van der Waals surface area (Å²) in [6.45, 7) is 2.62. The van der Waals surface area contributed by atoms with Crippen LogP contribution in [0.4, 0.5) is 11.4 Å². The predicted octanol–water partition coefficient (Wildman–Crippen LogP) is 4.54. The first-order valence-electron chi connectivity index (χ1n) is 13.1. The normalized spacial score (nSPS) is 12.0. The number of nitrogens with zero attached hydrogens (tertiary/aromatic N) is 1. The Morgan fingerprint density at radius 2 is 1.44 bits per heavy atom. The van der Waals surface area contributed by atoms with Crippen molar-refractivity contribution >= 4 is 27.2 Å². The number of benzene rings is 4. The first-order valence-corrected chi connectivity index (χ1v) is 15.0. The van der Waals surface area contributed by atoms with Gasteiger partial charge in [-0.1, -0.05) is 60.7 Å². The Labute approximate surface area is 240 Å². The molecular formula is C32H34N2O6S. The lowest BCUT2D eigenvalue weighted by atomic mass is 10.0. The second-order valence-electron chi connectivity index (χ2n) is 9.86. The van der Waals surface area contributed by atoms with Crippen molar-refractivity contribution in [3.05, 3.63) is 125 Å². The molecule has 9 heteroatoms. The summed E-state index contributed by atoms with van der Waals surface area (Å²) < 4.78 is 31.8. The van der Waals surface area contributed by atoms with Crippen molar-refractivity contribution in [3.63, 3.8) is 0 Å². The summed E-state index contributed by atoms with van der Waals surface area (Å²) in [4.78, 5) is 15.3. The van der Waals surface area contributed by atoms with Crippen LogP contribution in [0.2, 0.25) is 0 Å². The minimum absolute atomic E-state index is 0.0371. The van der Waals surface area contributed by atoms with Gasteiger partial charge in [-0.15, -0.1) is 0 Å². The number of carbonyl (C=O) groups excluding carboxylic acids is 1. The molecule has 0 radical (unpaired) electrons. The van der Waals surface area contributed by atoms with E-state index in [1.165, 1.54) is 0 Å². The minimum atomic E-state index is -3.43. The molecular weight excluding hydrogens is 540 g/mol. The highest BCUT2D eigenvalue weighted by Gasteiger charge is 2.16. The second kappa shape index (κ2) is 13.5. The summed E-state index contributed by atoms with van der Waals surface area (Å²) in [5.41, 5.74) is 5.40. The Bertz CT molecular complexity index is 1560. The van der Waals surface area contributed by atoms with Crippen LogP contribution >= 0.6 is 0 Å². The number of hydrogen-bond donors (Lipinski definition) is 3. The van der Waals surface area contributed by atoms with E-state index < -0.39 is 16.1 Å². The van der Waals surface area contributed by atoms with Gasteiger partial charge in [0.1, 0.15) is 18.5 Å². The molecule has 41 heavy (non-hydrogen) atoms. The molecule has 0 unspecified atom stereocenters. The highest BCUT2D eigenvalue weighted by molar-refractivity contribution is 7.92. The van der Waals surface area contributed by atoms with Gasteiger partial charge < -0.3 is 19.8 Å². The molecule has 0 saturated carbocycles. The number of aliphatic hydroxyl groups excluding tert-OH is 2. The molecule has 214 valence electrons. The number of ketones is 1. The molecule has 4 aromatic carbocycles. The summed E-state index contributed by atoms with van der Waals surface area (Å²) in [6.07, 6.45) is 0.173. The van der Waals surface area contributed by atoms with Crippen molar-refractivity contribution in [3.8, 4) is 5.75 Å². The van der Waals surface area contributed by atoms with Crippen molar-refractivity contribution in [1.29, 1.82) is 0 Å². The van der Waals surface area contributed by atoms with Crippen molar-refractivity contribution in [2.75, 3.05) is 29.1 Å². The number of anilines is 2. The van der Waals surface area contributed by atoms with E-state index in [0.29, 0.717) is 35.7 Å². The number of ether oxygens (including phenoxy) is 1. The third-order valence-corrected chi connectivity index (χ3v) is 7.11. The third-order valence-electron chi connectivity index (χ3n) is 6.52.